The second-order valence-corrected chi connectivity index (χ2v) is 7.78. The zero-order valence-electron chi connectivity index (χ0n) is 12.6. The Kier molecular flexibility index (Phi) is 4.09. The minimum Gasteiger partial charge on any atom is -0.380 e. The van der Waals surface area contributed by atoms with Crippen LogP contribution < -0.4 is 5.32 Å². The summed E-state index contributed by atoms with van der Waals surface area (Å²) in [6.07, 6.45) is 4.87. The van der Waals surface area contributed by atoms with E-state index in [-0.39, 0.29) is 6.10 Å². The molecule has 1 N–H and O–H groups in total. The smallest absolute Gasteiger partial charge is 0.244 e. The molecule has 1 aliphatic carbocycles. The molecular weight excluding hydrogens is 290 g/mol. The summed E-state index contributed by atoms with van der Waals surface area (Å²) < 4.78 is 34.4. The lowest BCUT2D eigenvalue weighted by atomic mass is 10.3. The van der Waals surface area contributed by atoms with Crippen molar-refractivity contribution >= 4 is 10.0 Å². The molecule has 7 heteroatoms. The highest BCUT2D eigenvalue weighted by Crippen LogP contribution is 2.37. The van der Waals surface area contributed by atoms with Crippen molar-refractivity contribution in [1.82, 2.24) is 14.2 Å². The molecule has 1 saturated carbocycles. The topological polar surface area (TPSA) is 63.6 Å². The van der Waals surface area contributed by atoms with Crippen LogP contribution in [0, 0.1) is 0 Å². The third-order valence-electron chi connectivity index (χ3n) is 4.28. The summed E-state index contributed by atoms with van der Waals surface area (Å²) in [6, 6.07) is 2.28. The van der Waals surface area contributed by atoms with Crippen molar-refractivity contribution in [1.29, 1.82) is 0 Å². The van der Waals surface area contributed by atoms with Crippen LogP contribution in [0.15, 0.2) is 17.2 Å². The van der Waals surface area contributed by atoms with Crippen molar-refractivity contribution < 1.29 is 13.2 Å². The van der Waals surface area contributed by atoms with Gasteiger partial charge in [0.2, 0.25) is 10.0 Å². The number of aromatic nitrogens is 1. The lowest BCUT2D eigenvalue weighted by Gasteiger charge is -2.15. The molecule has 0 amide bonds. The highest BCUT2D eigenvalue weighted by molar-refractivity contribution is 7.89. The van der Waals surface area contributed by atoms with Crippen molar-refractivity contribution in [2.45, 2.75) is 42.8 Å². The van der Waals surface area contributed by atoms with Crippen molar-refractivity contribution in [2.24, 2.45) is 0 Å². The van der Waals surface area contributed by atoms with Crippen LogP contribution in [-0.4, -0.2) is 50.6 Å². The molecule has 3 rings (SSSR count). The average molecular weight is 313 g/mol. The van der Waals surface area contributed by atoms with Crippen LogP contribution in [0.3, 0.4) is 0 Å². The maximum atomic E-state index is 12.7. The first-order valence-corrected chi connectivity index (χ1v) is 8.88. The molecule has 2 heterocycles. The van der Waals surface area contributed by atoms with Crippen molar-refractivity contribution in [3.63, 3.8) is 0 Å². The van der Waals surface area contributed by atoms with Crippen LogP contribution in [0.2, 0.25) is 0 Å². The number of methoxy groups -OCH3 is 1. The van der Waals surface area contributed by atoms with Crippen molar-refractivity contribution in [2.75, 3.05) is 27.2 Å². The molecular formula is C14H23N3O3S. The number of ether oxygens (including phenoxy) is 1. The van der Waals surface area contributed by atoms with Crippen LogP contribution >= 0.6 is 0 Å². The molecule has 0 aromatic carbocycles. The highest BCUT2D eigenvalue weighted by Gasteiger charge is 2.35. The Hall–Kier alpha value is -0.890. The number of sulfonamides is 1. The molecule has 1 aromatic heterocycles. The zero-order chi connectivity index (χ0) is 15.0. The van der Waals surface area contributed by atoms with E-state index in [2.05, 4.69) is 9.88 Å². The van der Waals surface area contributed by atoms with Gasteiger partial charge < -0.3 is 14.6 Å². The van der Waals surface area contributed by atoms with Gasteiger partial charge in [0.25, 0.3) is 0 Å². The third kappa shape index (κ3) is 2.88. The Morgan fingerprint density at radius 1 is 1.38 bits per heavy atom. The molecule has 21 heavy (non-hydrogen) atoms. The van der Waals surface area contributed by atoms with E-state index >= 15 is 0 Å². The van der Waals surface area contributed by atoms with Gasteiger partial charge in [-0.25, -0.2) is 8.42 Å². The average Bonchev–Trinajstić information content (AvgIpc) is 3.03. The van der Waals surface area contributed by atoms with Crippen LogP contribution in [0.1, 0.15) is 31.0 Å². The number of nitrogens with zero attached hydrogens (tertiary/aromatic N) is 2. The van der Waals surface area contributed by atoms with Crippen molar-refractivity contribution in [3.05, 3.63) is 18.0 Å². The predicted octanol–water partition coefficient (Wildman–Crippen LogP) is 0.952. The Morgan fingerprint density at radius 2 is 2.14 bits per heavy atom. The van der Waals surface area contributed by atoms with Gasteiger partial charge >= 0.3 is 0 Å². The molecule has 6 nitrogen and oxygen atoms in total. The van der Waals surface area contributed by atoms with E-state index in [9.17, 15) is 8.42 Å². The minimum absolute atomic E-state index is 0.0158. The molecule has 0 bridgehead atoms. The standard InChI is InChI=1S/C14H23N3O3S/c1-15-8-12-7-14(10-17(12)11-3-4-11)21(18,19)16-6-5-13(9-16)20-2/h7,10-11,13,15H,3-6,8-9H2,1-2H3. The molecule has 0 radical (unpaired) electrons. The molecule has 1 saturated heterocycles. The fourth-order valence-corrected chi connectivity index (χ4v) is 4.45. The monoisotopic (exact) mass is 313 g/mol. The second-order valence-electron chi connectivity index (χ2n) is 5.85. The Morgan fingerprint density at radius 3 is 2.71 bits per heavy atom. The molecule has 1 aromatic rings. The van der Waals surface area contributed by atoms with Gasteiger partial charge in [0.05, 0.1) is 6.10 Å². The van der Waals surface area contributed by atoms with E-state index in [4.69, 9.17) is 4.74 Å². The Balaban J connectivity index is 1.87. The van der Waals surface area contributed by atoms with E-state index in [0.29, 0.717) is 30.6 Å². The van der Waals surface area contributed by atoms with Crippen LogP contribution in [-0.2, 0) is 21.3 Å². The van der Waals surface area contributed by atoms with Crippen LogP contribution in [0.25, 0.3) is 0 Å². The predicted molar refractivity (Wildman–Crippen MR) is 79.6 cm³/mol. The first kappa shape index (κ1) is 15.0. The second kappa shape index (κ2) is 5.72. The fraction of sp³-hybridized carbons (Fsp3) is 0.714. The SMILES string of the molecule is CNCc1cc(S(=O)(=O)N2CCC(OC)C2)cn1C1CC1. The molecule has 2 fully saturated rings. The van der Waals surface area contributed by atoms with Gasteiger partial charge in [-0.3, -0.25) is 0 Å². The summed E-state index contributed by atoms with van der Waals surface area (Å²) in [7, 11) is 0.109. The van der Waals surface area contributed by atoms with E-state index in [1.165, 1.54) is 4.31 Å². The minimum atomic E-state index is -3.40. The first-order chi connectivity index (χ1) is 10.1. The summed E-state index contributed by atoms with van der Waals surface area (Å²) in [6.45, 7) is 1.68. The van der Waals surface area contributed by atoms with Crippen LogP contribution in [0.4, 0.5) is 0 Å². The summed E-state index contributed by atoms with van der Waals surface area (Å²) >= 11 is 0. The molecule has 1 atom stereocenters. The van der Waals surface area contributed by atoms with Gasteiger partial charge in [0, 0.05) is 44.7 Å². The van der Waals surface area contributed by atoms with Crippen molar-refractivity contribution in [3.8, 4) is 0 Å². The van der Waals surface area contributed by atoms with Gasteiger partial charge in [-0.1, -0.05) is 0 Å². The summed E-state index contributed by atoms with van der Waals surface area (Å²) in [5.41, 5.74) is 1.04. The van der Waals surface area contributed by atoms with E-state index < -0.39 is 10.0 Å². The first-order valence-electron chi connectivity index (χ1n) is 7.44. The Labute approximate surface area is 126 Å². The van der Waals surface area contributed by atoms with Gasteiger partial charge in [0.1, 0.15) is 4.90 Å². The number of rotatable bonds is 6. The molecule has 0 spiro atoms. The summed E-state index contributed by atoms with van der Waals surface area (Å²) in [4.78, 5) is 0.413. The quantitative estimate of drug-likeness (QED) is 0.849. The fourth-order valence-electron chi connectivity index (χ4n) is 2.91. The number of hydrogen-bond donors (Lipinski definition) is 1. The largest absolute Gasteiger partial charge is 0.380 e. The maximum absolute atomic E-state index is 12.7. The van der Waals surface area contributed by atoms with E-state index in [0.717, 1.165) is 25.0 Å². The maximum Gasteiger partial charge on any atom is 0.244 e. The molecule has 2 aliphatic rings. The molecule has 1 aliphatic heterocycles. The Bertz CT molecular complexity index is 607. The molecule has 118 valence electrons. The van der Waals surface area contributed by atoms with E-state index in [1.807, 2.05) is 13.1 Å². The number of hydrogen-bond acceptors (Lipinski definition) is 4. The van der Waals surface area contributed by atoms with Gasteiger partial charge in [-0.2, -0.15) is 4.31 Å². The lowest BCUT2D eigenvalue weighted by molar-refractivity contribution is 0.115. The normalized spacial score (nSPS) is 23.8. The summed E-state index contributed by atoms with van der Waals surface area (Å²) in [5.74, 6) is 0. The number of nitrogens with one attached hydrogen (secondary N) is 1. The van der Waals surface area contributed by atoms with Gasteiger partial charge in [-0.15, -0.1) is 0 Å². The lowest BCUT2D eigenvalue weighted by Crippen LogP contribution is -2.29. The summed E-state index contributed by atoms with van der Waals surface area (Å²) in [5, 5.41) is 3.11. The third-order valence-corrected chi connectivity index (χ3v) is 6.11. The van der Waals surface area contributed by atoms with Gasteiger partial charge in [-0.05, 0) is 32.4 Å². The highest BCUT2D eigenvalue weighted by atomic mass is 32.2. The van der Waals surface area contributed by atoms with Crippen LogP contribution in [0.5, 0.6) is 0 Å². The molecule has 1 unspecified atom stereocenters. The van der Waals surface area contributed by atoms with E-state index in [1.54, 1.807) is 13.3 Å². The van der Waals surface area contributed by atoms with Gasteiger partial charge in [0.15, 0.2) is 0 Å². The zero-order valence-corrected chi connectivity index (χ0v) is 13.4.